The van der Waals surface area contributed by atoms with E-state index < -0.39 is 5.97 Å². The lowest BCUT2D eigenvalue weighted by atomic mass is 10.2. The van der Waals surface area contributed by atoms with Crippen LogP contribution < -0.4 is 10.1 Å². The summed E-state index contributed by atoms with van der Waals surface area (Å²) >= 11 is 0. The van der Waals surface area contributed by atoms with E-state index in [1.165, 1.54) is 7.11 Å². The molecule has 6 heteroatoms. The molecule has 0 spiro atoms. The average Bonchev–Trinajstić information content (AvgIpc) is 2.50. The Morgan fingerprint density at radius 3 is 2.48 bits per heavy atom. The SMILES string of the molecule is COC(=O)COc1ccc(NC(=O)CCCCCO)cc1. The van der Waals surface area contributed by atoms with Gasteiger partial charge in [0, 0.05) is 18.7 Å². The molecule has 6 nitrogen and oxygen atoms in total. The summed E-state index contributed by atoms with van der Waals surface area (Å²) in [6.45, 7) is 0.0156. The van der Waals surface area contributed by atoms with Crippen LogP contribution in [0.15, 0.2) is 24.3 Å². The molecule has 1 rings (SSSR count). The number of hydrogen-bond acceptors (Lipinski definition) is 5. The number of carbonyl (C=O) groups excluding carboxylic acids is 2. The topological polar surface area (TPSA) is 84.9 Å². The summed E-state index contributed by atoms with van der Waals surface area (Å²) in [5, 5.41) is 11.4. The Morgan fingerprint density at radius 1 is 1.14 bits per heavy atom. The van der Waals surface area contributed by atoms with Crippen molar-refractivity contribution in [2.24, 2.45) is 0 Å². The van der Waals surface area contributed by atoms with Gasteiger partial charge in [-0.2, -0.15) is 0 Å². The van der Waals surface area contributed by atoms with Crippen LogP contribution in [0.4, 0.5) is 5.69 Å². The van der Waals surface area contributed by atoms with E-state index in [-0.39, 0.29) is 19.1 Å². The van der Waals surface area contributed by atoms with Crippen molar-refractivity contribution in [2.45, 2.75) is 25.7 Å². The third-order valence-corrected chi connectivity index (χ3v) is 2.78. The molecule has 2 N–H and O–H groups in total. The van der Waals surface area contributed by atoms with Gasteiger partial charge in [-0.3, -0.25) is 4.79 Å². The van der Waals surface area contributed by atoms with E-state index in [0.717, 1.165) is 19.3 Å². The highest BCUT2D eigenvalue weighted by molar-refractivity contribution is 5.90. The quantitative estimate of drug-likeness (QED) is 0.535. The Kier molecular flexibility index (Phi) is 7.89. The van der Waals surface area contributed by atoms with E-state index in [0.29, 0.717) is 17.9 Å². The summed E-state index contributed by atoms with van der Waals surface area (Å²) in [4.78, 5) is 22.6. The first-order valence-electron chi connectivity index (χ1n) is 6.86. The van der Waals surface area contributed by atoms with Gasteiger partial charge in [-0.15, -0.1) is 0 Å². The Hall–Kier alpha value is -2.08. The maximum Gasteiger partial charge on any atom is 0.343 e. The third-order valence-electron chi connectivity index (χ3n) is 2.78. The molecule has 0 aliphatic heterocycles. The number of anilines is 1. The minimum atomic E-state index is -0.449. The van der Waals surface area contributed by atoms with E-state index in [1.807, 2.05) is 0 Å². The molecule has 0 aliphatic carbocycles. The number of unbranched alkanes of at least 4 members (excludes halogenated alkanes) is 2. The zero-order valence-corrected chi connectivity index (χ0v) is 12.1. The van der Waals surface area contributed by atoms with E-state index in [4.69, 9.17) is 9.84 Å². The lowest BCUT2D eigenvalue weighted by Gasteiger charge is -2.07. The molecule has 116 valence electrons. The minimum Gasteiger partial charge on any atom is -0.482 e. The Balaban J connectivity index is 2.33. The zero-order valence-electron chi connectivity index (χ0n) is 12.1. The molecule has 0 saturated heterocycles. The van der Waals surface area contributed by atoms with Gasteiger partial charge in [-0.05, 0) is 37.1 Å². The number of carbonyl (C=O) groups is 2. The second-order valence-corrected chi connectivity index (χ2v) is 4.47. The molecule has 0 heterocycles. The van der Waals surface area contributed by atoms with Crippen molar-refractivity contribution < 1.29 is 24.2 Å². The summed E-state index contributed by atoms with van der Waals surface area (Å²) in [5.41, 5.74) is 0.674. The minimum absolute atomic E-state index is 0.0591. The number of aliphatic hydroxyl groups is 1. The van der Waals surface area contributed by atoms with Gasteiger partial charge in [0.1, 0.15) is 5.75 Å². The number of ether oxygens (including phenoxy) is 2. The molecule has 0 unspecified atom stereocenters. The summed E-state index contributed by atoms with van der Waals surface area (Å²) in [7, 11) is 1.30. The molecule has 1 aromatic carbocycles. The fourth-order valence-electron chi connectivity index (χ4n) is 1.63. The lowest BCUT2D eigenvalue weighted by Crippen LogP contribution is -2.13. The predicted molar refractivity (Wildman–Crippen MR) is 78.1 cm³/mol. The van der Waals surface area contributed by atoms with Crippen LogP contribution in [0, 0.1) is 0 Å². The molecule has 21 heavy (non-hydrogen) atoms. The number of nitrogens with one attached hydrogen (secondary N) is 1. The number of esters is 1. The normalized spacial score (nSPS) is 10.0. The fourth-order valence-corrected chi connectivity index (χ4v) is 1.63. The van der Waals surface area contributed by atoms with Crippen molar-refractivity contribution in [1.82, 2.24) is 0 Å². The predicted octanol–water partition coefficient (Wildman–Crippen LogP) is 1.73. The van der Waals surface area contributed by atoms with Gasteiger partial charge in [0.15, 0.2) is 6.61 Å². The van der Waals surface area contributed by atoms with Crippen molar-refractivity contribution >= 4 is 17.6 Å². The molecule has 0 radical (unpaired) electrons. The lowest BCUT2D eigenvalue weighted by molar-refractivity contribution is -0.142. The van der Waals surface area contributed by atoms with E-state index in [9.17, 15) is 9.59 Å². The monoisotopic (exact) mass is 295 g/mol. The summed E-state index contributed by atoms with van der Waals surface area (Å²) in [6, 6.07) is 6.76. The second kappa shape index (κ2) is 9.77. The van der Waals surface area contributed by atoms with E-state index in [2.05, 4.69) is 10.1 Å². The molecular weight excluding hydrogens is 274 g/mol. The second-order valence-electron chi connectivity index (χ2n) is 4.47. The number of methoxy groups -OCH3 is 1. The van der Waals surface area contributed by atoms with Crippen LogP contribution >= 0.6 is 0 Å². The number of rotatable bonds is 9. The largest absolute Gasteiger partial charge is 0.482 e. The van der Waals surface area contributed by atoms with Crippen LogP contribution in [0.5, 0.6) is 5.75 Å². The van der Waals surface area contributed by atoms with Gasteiger partial charge in [0.25, 0.3) is 0 Å². The first-order valence-corrected chi connectivity index (χ1v) is 6.86. The zero-order chi connectivity index (χ0) is 15.5. The number of aliphatic hydroxyl groups excluding tert-OH is 1. The molecule has 1 amide bonds. The van der Waals surface area contributed by atoms with Crippen molar-refractivity contribution in [3.8, 4) is 5.75 Å². The van der Waals surface area contributed by atoms with Crippen LogP contribution in [0.25, 0.3) is 0 Å². The van der Waals surface area contributed by atoms with Crippen LogP contribution in [-0.4, -0.2) is 37.3 Å². The Morgan fingerprint density at radius 2 is 1.86 bits per heavy atom. The van der Waals surface area contributed by atoms with E-state index in [1.54, 1.807) is 24.3 Å². The maximum atomic E-state index is 11.6. The average molecular weight is 295 g/mol. The highest BCUT2D eigenvalue weighted by atomic mass is 16.6. The van der Waals surface area contributed by atoms with E-state index >= 15 is 0 Å². The Labute approximate surface area is 124 Å². The first-order chi connectivity index (χ1) is 10.2. The maximum absolute atomic E-state index is 11.6. The molecule has 0 atom stereocenters. The fraction of sp³-hybridized carbons (Fsp3) is 0.467. The van der Waals surface area contributed by atoms with Crippen LogP contribution in [0.3, 0.4) is 0 Å². The van der Waals surface area contributed by atoms with Gasteiger partial charge >= 0.3 is 5.97 Å². The van der Waals surface area contributed by atoms with Gasteiger partial charge in [-0.1, -0.05) is 6.42 Å². The van der Waals surface area contributed by atoms with Crippen molar-refractivity contribution in [3.05, 3.63) is 24.3 Å². The molecule has 0 saturated carbocycles. The molecule has 1 aromatic rings. The molecule has 0 fully saturated rings. The van der Waals surface area contributed by atoms with Gasteiger partial charge in [-0.25, -0.2) is 4.79 Å². The smallest absolute Gasteiger partial charge is 0.343 e. The van der Waals surface area contributed by atoms with Crippen LogP contribution in [-0.2, 0) is 14.3 Å². The summed E-state index contributed by atoms with van der Waals surface area (Å²) in [6.07, 6.45) is 2.75. The highest BCUT2D eigenvalue weighted by Crippen LogP contribution is 2.16. The van der Waals surface area contributed by atoms with Crippen LogP contribution in [0.1, 0.15) is 25.7 Å². The molecule has 0 aliphatic rings. The standard InChI is InChI=1S/C15H21NO5/c1-20-15(19)11-21-13-8-6-12(7-9-13)16-14(18)5-3-2-4-10-17/h6-9,17H,2-5,10-11H2,1H3,(H,16,18). The van der Waals surface area contributed by atoms with Gasteiger partial charge < -0.3 is 19.9 Å². The van der Waals surface area contributed by atoms with Crippen LogP contribution in [0.2, 0.25) is 0 Å². The number of hydrogen-bond donors (Lipinski definition) is 2. The molecule has 0 bridgehead atoms. The first kappa shape index (κ1) is 17.0. The van der Waals surface area contributed by atoms with Crippen molar-refractivity contribution in [3.63, 3.8) is 0 Å². The van der Waals surface area contributed by atoms with Crippen molar-refractivity contribution in [2.75, 3.05) is 25.6 Å². The van der Waals surface area contributed by atoms with Gasteiger partial charge in [0.2, 0.25) is 5.91 Å². The number of amides is 1. The van der Waals surface area contributed by atoms with Gasteiger partial charge in [0.05, 0.1) is 7.11 Å². The third kappa shape index (κ3) is 7.31. The highest BCUT2D eigenvalue weighted by Gasteiger charge is 2.04. The number of benzene rings is 1. The van der Waals surface area contributed by atoms with Crippen molar-refractivity contribution in [1.29, 1.82) is 0 Å². The summed E-state index contributed by atoms with van der Waals surface area (Å²) < 4.78 is 9.67. The molecular formula is C15H21NO5. The summed E-state index contributed by atoms with van der Waals surface area (Å²) in [5.74, 6) is 0.0211. The Bertz CT molecular complexity index is 444. The molecule has 0 aromatic heterocycles.